The first-order chi connectivity index (χ1) is 10.2. The van der Waals surface area contributed by atoms with Crippen molar-refractivity contribution in [2.45, 2.75) is 32.7 Å². The van der Waals surface area contributed by atoms with Crippen LogP contribution >= 0.6 is 0 Å². The van der Waals surface area contributed by atoms with Crippen molar-refractivity contribution in [1.29, 1.82) is 0 Å². The lowest BCUT2D eigenvalue weighted by molar-refractivity contribution is -0.689. The Kier molecular flexibility index (Phi) is 2.65. The van der Waals surface area contributed by atoms with Gasteiger partial charge in [-0.05, 0) is 37.1 Å². The molecule has 3 aromatic rings. The molecule has 4 rings (SSSR count). The van der Waals surface area contributed by atoms with E-state index in [1.807, 2.05) is 0 Å². The van der Waals surface area contributed by atoms with Crippen LogP contribution in [0, 0.1) is 6.92 Å². The molecule has 1 heteroatoms. The van der Waals surface area contributed by atoms with Crippen molar-refractivity contribution in [3.63, 3.8) is 0 Å². The Morgan fingerprint density at radius 2 is 1.67 bits per heavy atom. The third kappa shape index (κ3) is 1.67. The van der Waals surface area contributed by atoms with Gasteiger partial charge in [-0.15, -0.1) is 0 Å². The maximum absolute atomic E-state index is 2.52. The van der Waals surface area contributed by atoms with E-state index in [9.17, 15) is 0 Å². The fourth-order valence-electron chi connectivity index (χ4n) is 3.73. The summed E-state index contributed by atoms with van der Waals surface area (Å²) in [6.07, 6.45) is 0. The van der Waals surface area contributed by atoms with Crippen molar-refractivity contribution in [1.82, 2.24) is 0 Å². The van der Waals surface area contributed by atoms with Gasteiger partial charge in [-0.3, -0.25) is 0 Å². The summed E-state index contributed by atoms with van der Waals surface area (Å²) in [5.41, 5.74) is 6.89. The van der Waals surface area contributed by atoms with E-state index in [1.54, 1.807) is 0 Å². The van der Waals surface area contributed by atoms with Crippen LogP contribution < -0.4 is 4.57 Å². The van der Waals surface area contributed by atoms with Gasteiger partial charge in [0, 0.05) is 29.0 Å². The van der Waals surface area contributed by atoms with Crippen LogP contribution in [0.5, 0.6) is 0 Å². The van der Waals surface area contributed by atoms with Gasteiger partial charge in [0.25, 0.3) is 0 Å². The SMILES string of the molecule is Cc1cccc2c1ccc1[n+]2[C@@H](C)C(C)c2ccccc2-1. The molecular weight excluding hydrogens is 254 g/mol. The molecule has 2 heterocycles. The zero-order valence-corrected chi connectivity index (χ0v) is 12.8. The van der Waals surface area contributed by atoms with Crippen LogP contribution in [0.2, 0.25) is 0 Å². The molecule has 2 atom stereocenters. The largest absolute Gasteiger partial charge is 0.213 e. The first-order valence-electron chi connectivity index (χ1n) is 7.71. The molecule has 0 saturated carbocycles. The average molecular weight is 274 g/mol. The summed E-state index contributed by atoms with van der Waals surface area (Å²) in [6, 6.07) is 20.5. The maximum Gasteiger partial charge on any atom is 0.213 e. The molecular formula is C20H20N+. The standard InChI is InChI=1S/C20H20N/c1-13-7-6-10-19-16(13)11-12-20-18-9-5-4-8-17(18)14(2)15(3)21(19)20/h4-12,14-15H,1-3H3/q+1/t14?,15-/m0/s1. The van der Waals surface area contributed by atoms with E-state index >= 15 is 0 Å². The Labute approximate surface area is 125 Å². The lowest BCUT2D eigenvalue weighted by Crippen LogP contribution is -2.46. The molecule has 104 valence electrons. The average Bonchev–Trinajstić information content (AvgIpc) is 2.52. The van der Waals surface area contributed by atoms with Crippen molar-refractivity contribution in [3.05, 3.63) is 65.7 Å². The Balaban J connectivity index is 2.14. The highest BCUT2D eigenvalue weighted by atomic mass is 15.0. The smallest absolute Gasteiger partial charge is 0.188 e. The van der Waals surface area contributed by atoms with Gasteiger partial charge in [-0.2, -0.15) is 4.57 Å². The monoisotopic (exact) mass is 274 g/mol. The van der Waals surface area contributed by atoms with E-state index < -0.39 is 0 Å². The van der Waals surface area contributed by atoms with Gasteiger partial charge in [-0.25, -0.2) is 0 Å². The molecule has 0 fully saturated rings. The third-order valence-corrected chi connectivity index (χ3v) is 5.09. The van der Waals surface area contributed by atoms with Crippen molar-refractivity contribution >= 4 is 10.9 Å². The molecule has 0 aliphatic carbocycles. The normalized spacial score (nSPS) is 20.1. The molecule has 0 amide bonds. The predicted octanol–water partition coefficient (Wildman–Crippen LogP) is 4.78. The van der Waals surface area contributed by atoms with E-state index in [1.165, 1.54) is 33.3 Å². The number of nitrogens with zero attached hydrogens (tertiary/aromatic N) is 1. The van der Waals surface area contributed by atoms with Crippen LogP contribution in [0.3, 0.4) is 0 Å². The number of aromatic nitrogens is 1. The van der Waals surface area contributed by atoms with Crippen molar-refractivity contribution in [2.75, 3.05) is 0 Å². The van der Waals surface area contributed by atoms with E-state index in [4.69, 9.17) is 0 Å². The number of aryl methyl sites for hydroxylation is 1. The highest BCUT2D eigenvalue weighted by Gasteiger charge is 2.35. The Morgan fingerprint density at radius 1 is 0.857 bits per heavy atom. The lowest BCUT2D eigenvalue weighted by atomic mass is 9.84. The van der Waals surface area contributed by atoms with Gasteiger partial charge in [0.1, 0.15) is 0 Å². The zero-order chi connectivity index (χ0) is 14.6. The number of hydrogen-bond acceptors (Lipinski definition) is 0. The van der Waals surface area contributed by atoms with E-state index in [0.717, 1.165) is 0 Å². The summed E-state index contributed by atoms with van der Waals surface area (Å²) in [7, 11) is 0. The van der Waals surface area contributed by atoms with Crippen molar-refractivity contribution in [3.8, 4) is 11.3 Å². The van der Waals surface area contributed by atoms with Crippen molar-refractivity contribution in [2.24, 2.45) is 0 Å². The van der Waals surface area contributed by atoms with E-state index in [-0.39, 0.29) is 0 Å². The number of fused-ring (bicyclic) bond motifs is 5. The molecule has 1 aliphatic rings. The maximum atomic E-state index is 2.52. The minimum Gasteiger partial charge on any atom is -0.188 e. The molecule has 1 aliphatic heterocycles. The first-order valence-corrected chi connectivity index (χ1v) is 7.71. The number of rotatable bonds is 0. The first kappa shape index (κ1) is 12.6. The molecule has 1 unspecified atom stereocenters. The molecule has 0 spiro atoms. The highest BCUT2D eigenvalue weighted by molar-refractivity contribution is 5.81. The molecule has 0 N–H and O–H groups in total. The van der Waals surface area contributed by atoms with Crippen LogP contribution in [0.15, 0.2) is 54.6 Å². The molecule has 0 bridgehead atoms. The van der Waals surface area contributed by atoms with Gasteiger partial charge >= 0.3 is 0 Å². The van der Waals surface area contributed by atoms with Gasteiger partial charge in [0.05, 0.1) is 0 Å². The molecule has 0 saturated heterocycles. The predicted molar refractivity (Wildman–Crippen MR) is 87.4 cm³/mol. The van der Waals surface area contributed by atoms with Gasteiger partial charge in [-0.1, -0.05) is 37.3 Å². The number of benzene rings is 2. The van der Waals surface area contributed by atoms with Crippen LogP contribution in [-0.4, -0.2) is 0 Å². The third-order valence-electron chi connectivity index (χ3n) is 5.09. The van der Waals surface area contributed by atoms with E-state index in [0.29, 0.717) is 12.0 Å². The van der Waals surface area contributed by atoms with Gasteiger partial charge in [0.2, 0.25) is 11.2 Å². The summed E-state index contributed by atoms with van der Waals surface area (Å²) in [4.78, 5) is 0. The number of pyridine rings is 1. The van der Waals surface area contributed by atoms with Crippen LogP contribution in [-0.2, 0) is 0 Å². The topological polar surface area (TPSA) is 3.88 Å². The summed E-state index contributed by atoms with van der Waals surface area (Å²) in [5.74, 6) is 0.532. The molecule has 1 aromatic heterocycles. The zero-order valence-electron chi connectivity index (χ0n) is 12.8. The minimum atomic E-state index is 0.473. The van der Waals surface area contributed by atoms with Crippen LogP contribution in [0.4, 0.5) is 0 Å². The highest BCUT2D eigenvalue weighted by Crippen LogP contribution is 2.38. The summed E-state index contributed by atoms with van der Waals surface area (Å²) >= 11 is 0. The summed E-state index contributed by atoms with van der Waals surface area (Å²) < 4.78 is 2.52. The summed E-state index contributed by atoms with van der Waals surface area (Å²) in [5, 5.41) is 1.36. The molecule has 0 radical (unpaired) electrons. The lowest BCUT2D eigenvalue weighted by Gasteiger charge is -2.26. The quantitative estimate of drug-likeness (QED) is 0.519. The molecule has 2 aromatic carbocycles. The van der Waals surface area contributed by atoms with Crippen LogP contribution in [0.1, 0.15) is 36.9 Å². The molecule has 21 heavy (non-hydrogen) atoms. The van der Waals surface area contributed by atoms with Crippen molar-refractivity contribution < 1.29 is 4.57 Å². The second-order valence-electron chi connectivity index (χ2n) is 6.21. The van der Waals surface area contributed by atoms with E-state index in [2.05, 4.69) is 79.9 Å². The Hall–Kier alpha value is -2.15. The Morgan fingerprint density at radius 3 is 2.52 bits per heavy atom. The number of hydrogen-bond donors (Lipinski definition) is 0. The Bertz CT molecular complexity index is 848. The minimum absolute atomic E-state index is 0.473. The fourth-order valence-corrected chi connectivity index (χ4v) is 3.73. The second-order valence-corrected chi connectivity index (χ2v) is 6.21. The molecule has 1 nitrogen and oxygen atoms in total. The second kappa shape index (κ2) is 4.42. The van der Waals surface area contributed by atoms with Crippen LogP contribution in [0.25, 0.3) is 22.2 Å². The van der Waals surface area contributed by atoms with Gasteiger partial charge in [0.15, 0.2) is 6.04 Å². The van der Waals surface area contributed by atoms with Gasteiger partial charge < -0.3 is 0 Å². The fraction of sp³-hybridized carbons (Fsp3) is 0.250. The summed E-state index contributed by atoms with van der Waals surface area (Å²) in [6.45, 7) is 6.88.